The number of nitrogens with zero attached hydrogens (tertiary/aromatic N) is 2. The molecule has 0 saturated carbocycles. The van der Waals surface area contributed by atoms with Gasteiger partial charge in [0, 0.05) is 24.6 Å². The molecular weight excluding hydrogens is 240 g/mol. The number of benzene rings is 1. The van der Waals surface area contributed by atoms with Crippen molar-refractivity contribution in [2.24, 2.45) is 5.84 Å². The lowest BCUT2D eigenvalue weighted by atomic mass is 9.98. The Labute approximate surface area is 112 Å². The number of aromatic nitrogens is 2. The number of hydrazine groups is 1. The molecule has 2 unspecified atom stereocenters. The molecule has 2 rings (SSSR count). The van der Waals surface area contributed by atoms with Crippen molar-refractivity contribution in [2.75, 3.05) is 6.61 Å². The van der Waals surface area contributed by atoms with Crippen LogP contribution >= 0.6 is 0 Å². The first-order valence-electron chi connectivity index (χ1n) is 6.24. The van der Waals surface area contributed by atoms with E-state index in [1.54, 1.807) is 12.4 Å². The maximum absolute atomic E-state index is 5.84. The summed E-state index contributed by atoms with van der Waals surface area (Å²) in [5.74, 6) is 5.69. The Morgan fingerprint density at radius 3 is 2.42 bits per heavy atom. The molecular formula is C14H18N4O. The summed E-state index contributed by atoms with van der Waals surface area (Å²) in [5.41, 5.74) is 4.76. The largest absolute Gasteiger partial charge is 0.372 e. The Morgan fingerprint density at radius 1 is 1.16 bits per heavy atom. The fourth-order valence-corrected chi connectivity index (χ4v) is 2.04. The lowest BCUT2D eigenvalue weighted by Gasteiger charge is -2.26. The summed E-state index contributed by atoms with van der Waals surface area (Å²) in [7, 11) is 0. The lowest BCUT2D eigenvalue weighted by Crippen LogP contribution is -2.34. The van der Waals surface area contributed by atoms with Crippen LogP contribution in [0.25, 0.3) is 0 Å². The minimum absolute atomic E-state index is 0.179. The average Bonchev–Trinajstić information content (AvgIpc) is 2.49. The van der Waals surface area contributed by atoms with Crippen LogP contribution in [-0.2, 0) is 4.74 Å². The van der Waals surface area contributed by atoms with Crippen LogP contribution < -0.4 is 11.3 Å². The molecule has 0 fully saturated rings. The molecule has 3 N–H and O–H groups in total. The molecule has 0 spiro atoms. The molecule has 0 aliphatic rings. The standard InChI is InChI=1S/C14H18N4O/c1-2-19-14(11-6-4-3-5-7-11)13(18-15)12-8-16-10-17-9-12/h3-10,13-14,18H,2,15H2,1H3. The van der Waals surface area contributed by atoms with E-state index in [0.717, 1.165) is 11.1 Å². The molecule has 0 saturated heterocycles. The minimum Gasteiger partial charge on any atom is -0.372 e. The molecule has 0 amide bonds. The number of hydrogen-bond donors (Lipinski definition) is 2. The first-order chi connectivity index (χ1) is 9.36. The van der Waals surface area contributed by atoms with Crippen molar-refractivity contribution in [3.63, 3.8) is 0 Å². The fourth-order valence-electron chi connectivity index (χ4n) is 2.04. The molecule has 1 aromatic carbocycles. The van der Waals surface area contributed by atoms with E-state index in [1.807, 2.05) is 37.3 Å². The number of nitrogens with two attached hydrogens (primary N) is 1. The number of hydrogen-bond acceptors (Lipinski definition) is 5. The van der Waals surface area contributed by atoms with Gasteiger partial charge in [0.15, 0.2) is 0 Å². The van der Waals surface area contributed by atoms with E-state index in [4.69, 9.17) is 10.6 Å². The summed E-state index contributed by atoms with van der Waals surface area (Å²) in [4.78, 5) is 8.06. The second-order valence-corrected chi connectivity index (χ2v) is 4.10. The van der Waals surface area contributed by atoms with Crippen LogP contribution in [0.2, 0.25) is 0 Å². The summed E-state index contributed by atoms with van der Waals surface area (Å²) in [6, 6.07) is 9.79. The van der Waals surface area contributed by atoms with Gasteiger partial charge >= 0.3 is 0 Å². The molecule has 2 atom stereocenters. The molecule has 1 aromatic heterocycles. The van der Waals surface area contributed by atoms with E-state index in [9.17, 15) is 0 Å². The third-order valence-electron chi connectivity index (χ3n) is 2.90. The molecule has 0 bridgehead atoms. The van der Waals surface area contributed by atoms with Gasteiger partial charge in [-0.1, -0.05) is 30.3 Å². The molecule has 0 aliphatic carbocycles. The molecule has 1 heterocycles. The number of rotatable bonds is 6. The third-order valence-corrected chi connectivity index (χ3v) is 2.90. The maximum atomic E-state index is 5.84. The van der Waals surface area contributed by atoms with E-state index in [0.29, 0.717) is 6.61 Å². The van der Waals surface area contributed by atoms with Crippen molar-refractivity contribution in [1.29, 1.82) is 0 Å². The van der Waals surface area contributed by atoms with E-state index < -0.39 is 0 Å². The van der Waals surface area contributed by atoms with E-state index >= 15 is 0 Å². The average molecular weight is 258 g/mol. The van der Waals surface area contributed by atoms with Crippen molar-refractivity contribution >= 4 is 0 Å². The molecule has 5 heteroatoms. The lowest BCUT2D eigenvalue weighted by molar-refractivity contribution is 0.0325. The van der Waals surface area contributed by atoms with E-state index in [1.165, 1.54) is 6.33 Å². The first kappa shape index (κ1) is 13.6. The molecule has 100 valence electrons. The van der Waals surface area contributed by atoms with Crippen LogP contribution in [0.1, 0.15) is 30.2 Å². The van der Waals surface area contributed by atoms with Gasteiger partial charge in [-0.3, -0.25) is 5.84 Å². The van der Waals surface area contributed by atoms with Crippen LogP contribution in [0.4, 0.5) is 0 Å². The molecule has 0 aliphatic heterocycles. The predicted molar refractivity (Wildman–Crippen MR) is 72.9 cm³/mol. The highest BCUT2D eigenvalue weighted by Gasteiger charge is 2.24. The van der Waals surface area contributed by atoms with Crippen LogP contribution in [0, 0.1) is 0 Å². The van der Waals surface area contributed by atoms with E-state index in [-0.39, 0.29) is 12.1 Å². The Balaban J connectivity index is 2.31. The second kappa shape index (κ2) is 6.94. The van der Waals surface area contributed by atoms with Gasteiger partial charge in [0.25, 0.3) is 0 Å². The van der Waals surface area contributed by atoms with Crippen molar-refractivity contribution in [2.45, 2.75) is 19.1 Å². The molecule has 19 heavy (non-hydrogen) atoms. The quantitative estimate of drug-likeness (QED) is 0.610. The zero-order valence-corrected chi connectivity index (χ0v) is 10.9. The highest BCUT2D eigenvalue weighted by molar-refractivity contribution is 5.23. The Kier molecular flexibility index (Phi) is 4.97. The Bertz CT molecular complexity index is 477. The minimum atomic E-state index is -0.191. The van der Waals surface area contributed by atoms with Gasteiger partial charge in [0.2, 0.25) is 0 Å². The molecule has 0 radical (unpaired) electrons. The fraction of sp³-hybridized carbons (Fsp3) is 0.286. The maximum Gasteiger partial charge on any atom is 0.115 e. The SMILES string of the molecule is CCOC(c1ccccc1)C(NN)c1cncnc1. The highest BCUT2D eigenvalue weighted by Crippen LogP contribution is 2.30. The predicted octanol–water partition coefficient (Wildman–Crippen LogP) is 1.76. The van der Waals surface area contributed by atoms with Crippen molar-refractivity contribution in [1.82, 2.24) is 15.4 Å². The molecule has 2 aromatic rings. The topological polar surface area (TPSA) is 73.1 Å². The van der Waals surface area contributed by atoms with Gasteiger partial charge < -0.3 is 4.74 Å². The number of ether oxygens (including phenoxy) is 1. The normalized spacial score (nSPS) is 14.0. The van der Waals surface area contributed by atoms with Crippen molar-refractivity contribution in [3.05, 3.63) is 60.2 Å². The number of nitrogens with one attached hydrogen (secondary N) is 1. The Morgan fingerprint density at radius 2 is 1.84 bits per heavy atom. The summed E-state index contributed by atoms with van der Waals surface area (Å²) in [5, 5.41) is 0. The van der Waals surface area contributed by atoms with Gasteiger partial charge in [-0.05, 0) is 12.5 Å². The summed E-state index contributed by atoms with van der Waals surface area (Å²) >= 11 is 0. The van der Waals surface area contributed by atoms with Crippen LogP contribution in [0.15, 0.2) is 49.1 Å². The zero-order chi connectivity index (χ0) is 13.5. The van der Waals surface area contributed by atoms with Gasteiger partial charge in [-0.25, -0.2) is 15.4 Å². The summed E-state index contributed by atoms with van der Waals surface area (Å²) in [6.07, 6.45) is 4.80. The van der Waals surface area contributed by atoms with Gasteiger partial charge in [-0.15, -0.1) is 0 Å². The molecule has 5 nitrogen and oxygen atoms in total. The highest BCUT2D eigenvalue weighted by atomic mass is 16.5. The van der Waals surface area contributed by atoms with Gasteiger partial charge in [-0.2, -0.15) is 0 Å². The third kappa shape index (κ3) is 3.35. The Hall–Kier alpha value is -1.82. The van der Waals surface area contributed by atoms with Crippen LogP contribution in [0.3, 0.4) is 0 Å². The first-order valence-corrected chi connectivity index (χ1v) is 6.24. The van der Waals surface area contributed by atoms with Crippen molar-refractivity contribution in [3.8, 4) is 0 Å². The second-order valence-electron chi connectivity index (χ2n) is 4.10. The van der Waals surface area contributed by atoms with Crippen molar-refractivity contribution < 1.29 is 4.74 Å². The summed E-state index contributed by atoms with van der Waals surface area (Å²) in [6.45, 7) is 2.57. The smallest absolute Gasteiger partial charge is 0.115 e. The summed E-state index contributed by atoms with van der Waals surface area (Å²) < 4.78 is 5.84. The van der Waals surface area contributed by atoms with E-state index in [2.05, 4.69) is 15.4 Å². The van der Waals surface area contributed by atoms with Gasteiger partial charge in [0.05, 0.1) is 6.04 Å². The monoisotopic (exact) mass is 258 g/mol. The van der Waals surface area contributed by atoms with Crippen LogP contribution in [0.5, 0.6) is 0 Å². The van der Waals surface area contributed by atoms with Crippen LogP contribution in [-0.4, -0.2) is 16.6 Å². The zero-order valence-electron chi connectivity index (χ0n) is 10.9. The van der Waals surface area contributed by atoms with Gasteiger partial charge in [0.1, 0.15) is 12.4 Å².